The monoisotopic (exact) mass is 387 g/mol. The lowest BCUT2D eigenvalue weighted by Gasteiger charge is -2.30. The summed E-state index contributed by atoms with van der Waals surface area (Å²) < 4.78 is 0. The molecule has 152 valence electrons. The van der Waals surface area contributed by atoms with Crippen LogP contribution in [0.5, 0.6) is 0 Å². The molecule has 1 fully saturated rings. The van der Waals surface area contributed by atoms with Gasteiger partial charge in [0.25, 0.3) is 0 Å². The Bertz CT molecular complexity index is 600. The average molecular weight is 387 g/mol. The van der Waals surface area contributed by atoms with Gasteiger partial charge in [0.2, 0.25) is 11.8 Å². The Labute approximate surface area is 155 Å². The molecule has 1 saturated heterocycles. The van der Waals surface area contributed by atoms with Crippen LogP contribution < -0.4 is 11.1 Å². The molecule has 0 aromatic heterocycles. The predicted octanol–water partition coefficient (Wildman–Crippen LogP) is -1.92. The van der Waals surface area contributed by atoms with Gasteiger partial charge in [0.1, 0.15) is 0 Å². The Morgan fingerprint density at radius 1 is 1.22 bits per heavy atom. The summed E-state index contributed by atoms with van der Waals surface area (Å²) in [4.78, 5) is 60.4. The van der Waals surface area contributed by atoms with E-state index in [1.165, 1.54) is 6.92 Å². The Hall–Kier alpha value is -2.37. The number of carboxylic acids is 2. The molecule has 6 N–H and O–H groups in total. The van der Waals surface area contributed by atoms with Crippen LogP contribution in [0.15, 0.2) is 0 Å². The van der Waals surface area contributed by atoms with E-state index in [1.807, 2.05) is 0 Å². The maximum Gasteiger partial charge on any atom is 0.334 e. The highest BCUT2D eigenvalue weighted by Crippen LogP contribution is 2.16. The second kappa shape index (κ2) is 10.1. The standard InChI is InChI=1S/C16H25N3O8/c1-8(20)7-11(21)13(16(26)27)19(15(25)10-3-2-6-18-10)14(24)9(17)4-5-12(22)23/h8-10,13,18,20H,2-7,17H2,1H3,(H,22,23)(H,26,27). The number of hydrogen-bond donors (Lipinski definition) is 5. The summed E-state index contributed by atoms with van der Waals surface area (Å²) in [7, 11) is 0. The third-order valence-electron chi connectivity index (χ3n) is 4.11. The van der Waals surface area contributed by atoms with Crippen molar-refractivity contribution in [3.05, 3.63) is 0 Å². The van der Waals surface area contributed by atoms with E-state index >= 15 is 0 Å². The number of aliphatic carboxylic acids is 2. The Kier molecular flexibility index (Phi) is 8.47. The molecule has 0 aromatic carbocycles. The lowest BCUT2D eigenvalue weighted by Crippen LogP contribution is -2.60. The van der Waals surface area contributed by atoms with Crippen LogP contribution in [0.1, 0.15) is 39.0 Å². The molecule has 11 heteroatoms. The van der Waals surface area contributed by atoms with Crippen LogP contribution in [-0.4, -0.2) is 80.5 Å². The zero-order valence-electron chi connectivity index (χ0n) is 15.0. The topological polar surface area (TPSA) is 187 Å². The van der Waals surface area contributed by atoms with Crippen LogP contribution in [0, 0.1) is 0 Å². The summed E-state index contributed by atoms with van der Waals surface area (Å²) in [6.07, 6.45) is -1.55. The maximum atomic E-state index is 12.8. The van der Waals surface area contributed by atoms with Crippen molar-refractivity contribution < 1.29 is 39.3 Å². The maximum absolute atomic E-state index is 12.8. The van der Waals surface area contributed by atoms with Gasteiger partial charge in [-0.3, -0.25) is 24.1 Å². The first-order valence-corrected chi connectivity index (χ1v) is 8.57. The van der Waals surface area contributed by atoms with Gasteiger partial charge < -0.3 is 26.4 Å². The largest absolute Gasteiger partial charge is 0.481 e. The number of amides is 2. The summed E-state index contributed by atoms with van der Waals surface area (Å²) in [5.74, 6) is -6.02. The van der Waals surface area contributed by atoms with Gasteiger partial charge in [-0.25, -0.2) is 4.79 Å². The second-order valence-electron chi connectivity index (χ2n) is 6.49. The van der Waals surface area contributed by atoms with Crippen molar-refractivity contribution in [3.8, 4) is 0 Å². The van der Waals surface area contributed by atoms with Crippen molar-refractivity contribution in [3.63, 3.8) is 0 Å². The molecule has 0 aromatic rings. The molecular weight excluding hydrogens is 362 g/mol. The van der Waals surface area contributed by atoms with Crippen LogP contribution in [0.3, 0.4) is 0 Å². The van der Waals surface area contributed by atoms with Crippen LogP contribution in [-0.2, 0) is 24.0 Å². The lowest BCUT2D eigenvalue weighted by atomic mass is 10.0. The first kappa shape index (κ1) is 22.7. The SMILES string of the molecule is CC(O)CC(=O)C(C(=O)O)N(C(=O)C(N)CCC(=O)O)C(=O)C1CCCN1. The summed E-state index contributed by atoms with van der Waals surface area (Å²) in [5.41, 5.74) is 5.66. The number of nitrogens with zero attached hydrogens (tertiary/aromatic N) is 1. The Morgan fingerprint density at radius 2 is 1.85 bits per heavy atom. The first-order chi connectivity index (χ1) is 12.6. The number of carbonyl (C=O) groups excluding carboxylic acids is 3. The van der Waals surface area contributed by atoms with Crippen LogP contribution in [0.25, 0.3) is 0 Å². The van der Waals surface area contributed by atoms with Gasteiger partial charge in [0.15, 0.2) is 11.8 Å². The van der Waals surface area contributed by atoms with Gasteiger partial charge in [0, 0.05) is 12.8 Å². The highest BCUT2D eigenvalue weighted by molar-refractivity contribution is 6.12. The molecule has 1 aliphatic rings. The number of nitrogens with one attached hydrogen (secondary N) is 1. The van der Waals surface area contributed by atoms with Gasteiger partial charge in [0.05, 0.1) is 18.2 Å². The van der Waals surface area contributed by atoms with E-state index in [4.69, 9.17) is 10.8 Å². The fourth-order valence-electron chi connectivity index (χ4n) is 2.80. The lowest BCUT2D eigenvalue weighted by molar-refractivity contribution is -0.163. The third kappa shape index (κ3) is 6.38. The summed E-state index contributed by atoms with van der Waals surface area (Å²) in [5, 5.41) is 30.4. The molecule has 0 spiro atoms. The van der Waals surface area contributed by atoms with Gasteiger partial charge >= 0.3 is 11.9 Å². The average Bonchev–Trinajstić information content (AvgIpc) is 3.09. The van der Waals surface area contributed by atoms with E-state index in [9.17, 15) is 34.2 Å². The molecular formula is C16H25N3O8. The van der Waals surface area contributed by atoms with Crippen LogP contribution in [0.4, 0.5) is 0 Å². The quantitative estimate of drug-likeness (QED) is 0.264. The molecule has 0 saturated carbocycles. The Balaban J connectivity index is 3.18. The minimum absolute atomic E-state index is 0.308. The van der Waals surface area contributed by atoms with E-state index in [0.717, 1.165) is 0 Å². The molecule has 0 aliphatic carbocycles. The smallest absolute Gasteiger partial charge is 0.334 e. The van der Waals surface area contributed by atoms with E-state index in [1.54, 1.807) is 0 Å². The van der Waals surface area contributed by atoms with E-state index in [2.05, 4.69) is 5.32 Å². The summed E-state index contributed by atoms with van der Waals surface area (Å²) >= 11 is 0. The fraction of sp³-hybridized carbons (Fsp3) is 0.688. The highest BCUT2D eigenvalue weighted by atomic mass is 16.4. The number of imide groups is 1. The van der Waals surface area contributed by atoms with Crippen molar-refractivity contribution >= 4 is 29.5 Å². The third-order valence-corrected chi connectivity index (χ3v) is 4.11. The van der Waals surface area contributed by atoms with Crippen molar-refractivity contribution in [2.45, 2.75) is 63.3 Å². The highest BCUT2D eigenvalue weighted by Gasteiger charge is 2.44. The molecule has 1 rings (SSSR count). The Morgan fingerprint density at radius 3 is 2.30 bits per heavy atom. The zero-order chi connectivity index (χ0) is 20.7. The molecule has 4 atom stereocenters. The molecule has 4 unspecified atom stereocenters. The van der Waals surface area contributed by atoms with Gasteiger partial charge in [-0.2, -0.15) is 0 Å². The molecule has 1 heterocycles. The number of rotatable bonds is 10. The molecule has 2 amide bonds. The summed E-state index contributed by atoms with van der Waals surface area (Å²) in [6.45, 7) is 1.75. The van der Waals surface area contributed by atoms with Gasteiger partial charge in [-0.05, 0) is 32.7 Å². The van der Waals surface area contributed by atoms with Crippen LogP contribution in [0.2, 0.25) is 0 Å². The van der Waals surface area contributed by atoms with Crippen molar-refractivity contribution in [2.24, 2.45) is 5.73 Å². The number of nitrogens with two attached hydrogens (primary N) is 1. The molecule has 11 nitrogen and oxygen atoms in total. The zero-order valence-corrected chi connectivity index (χ0v) is 15.0. The number of aliphatic hydroxyl groups excluding tert-OH is 1. The minimum Gasteiger partial charge on any atom is -0.481 e. The van der Waals surface area contributed by atoms with E-state index in [-0.39, 0.29) is 6.42 Å². The van der Waals surface area contributed by atoms with Crippen LogP contribution >= 0.6 is 0 Å². The number of hydrogen-bond acceptors (Lipinski definition) is 8. The van der Waals surface area contributed by atoms with Crippen molar-refractivity contribution in [2.75, 3.05) is 6.54 Å². The number of ketones is 1. The number of aliphatic hydroxyl groups is 1. The molecule has 1 aliphatic heterocycles. The van der Waals surface area contributed by atoms with E-state index < -0.39 is 66.6 Å². The molecule has 0 radical (unpaired) electrons. The minimum atomic E-state index is -2.14. The van der Waals surface area contributed by atoms with Crippen molar-refractivity contribution in [1.29, 1.82) is 0 Å². The molecule has 27 heavy (non-hydrogen) atoms. The fourth-order valence-corrected chi connectivity index (χ4v) is 2.80. The normalized spacial score (nSPS) is 19.7. The summed E-state index contributed by atoms with van der Waals surface area (Å²) in [6, 6.07) is -4.45. The number of carboxylic acid groups (broad SMARTS) is 2. The predicted molar refractivity (Wildman–Crippen MR) is 90.5 cm³/mol. The van der Waals surface area contributed by atoms with Gasteiger partial charge in [-0.15, -0.1) is 0 Å². The van der Waals surface area contributed by atoms with Crippen molar-refractivity contribution in [1.82, 2.24) is 10.2 Å². The molecule has 0 bridgehead atoms. The van der Waals surface area contributed by atoms with E-state index in [0.29, 0.717) is 24.3 Å². The second-order valence-corrected chi connectivity index (χ2v) is 6.49. The first-order valence-electron chi connectivity index (χ1n) is 8.57. The van der Waals surface area contributed by atoms with Gasteiger partial charge in [-0.1, -0.05) is 0 Å². The number of Topliss-reactive ketones (excluding diaryl/α,β-unsaturated/α-hetero) is 1. The number of carbonyl (C=O) groups is 5.